The molecule has 1 aliphatic carbocycles. The van der Waals surface area contributed by atoms with Gasteiger partial charge in [-0.2, -0.15) is 0 Å². The van der Waals surface area contributed by atoms with Crippen LogP contribution in [0.25, 0.3) is 0 Å². The van der Waals surface area contributed by atoms with Gasteiger partial charge in [-0.3, -0.25) is 0 Å². The van der Waals surface area contributed by atoms with E-state index in [9.17, 15) is 0 Å². The van der Waals surface area contributed by atoms with Crippen molar-refractivity contribution in [3.05, 3.63) is 0 Å². The molecule has 6 heavy (non-hydrogen) atoms. The molecule has 1 aliphatic rings. The lowest BCUT2D eigenvalue weighted by molar-refractivity contribution is 1.02. The van der Waals surface area contributed by atoms with Gasteiger partial charge in [-0.15, -0.1) is 0 Å². The summed E-state index contributed by atoms with van der Waals surface area (Å²) in [5.41, 5.74) is 0. The number of hydrogen-bond donors (Lipinski definition) is 1. The molecule has 0 heterocycles. The Bertz CT molecular complexity index is 59.7. The molecule has 34 valence electrons. The second-order valence-electron chi connectivity index (χ2n) is 1.03. The van der Waals surface area contributed by atoms with Gasteiger partial charge in [-0.1, -0.05) is 11.8 Å². The Morgan fingerprint density at radius 3 is 1.50 bits per heavy atom. The molecule has 0 bridgehead atoms. The van der Waals surface area contributed by atoms with Crippen LogP contribution in [0.15, 0.2) is 0 Å². The van der Waals surface area contributed by atoms with E-state index in [0.29, 0.717) is 0 Å². The molecular formula is C5H9N. The Morgan fingerprint density at radius 2 is 1.50 bits per heavy atom. The Kier molecular flexibility index (Phi) is 4.16. The highest BCUT2D eigenvalue weighted by atomic mass is 14.7. The first kappa shape index (κ1) is 5.52. The minimum Gasteiger partial charge on any atom is -0.323 e. The van der Waals surface area contributed by atoms with E-state index in [-0.39, 0.29) is 0 Å². The second kappa shape index (κ2) is 4.52. The lowest BCUT2D eigenvalue weighted by atomic mass is 10.9. The Morgan fingerprint density at radius 1 is 1.33 bits per heavy atom. The molecule has 1 heteroatoms. The number of nitrogens with one attached hydrogen (secondary N) is 1. The Balaban J connectivity index is 0.0000000833. The fraction of sp³-hybridized carbons (Fsp3) is 0.600. The zero-order valence-electron chi connectivity index (χ0n) is 4.21. The van der Waals surface area contributed by atoms with Crippen molar-refractivity contribution in [1.29, 1.82) is 0 Å². The van der Waals surface area contributed by atoms with Gasteiger partial charge in [0.1, 0.15) is 0 Å². The van der Waals surface area contributed by atoms with Gasteiger partial charge in [0.05, 0.1) is 6.42 Å². The molecule has 0 unspecified atom stereocenters. The van der Waals surface area contributed by atoms with Gasteiger partial charge in [-0.05, 0) is 14.1 Å². The van der Waals surface area contributed by atoms with Crippen molar-refractivity contribution >= 4 is 0 Å². The summed E-state index contributed by atoms with van der Waals surface area (Å²) in [5, 5.41) is 2.75. The molecule has 0 fully saturated rings. The maximum atomic E-state index is 2.75. The fourth-order valence-corrected chi connectivity index (χ4v) is 0. The first-order chi connectivity index (χ1) is 2.91. The largest absolute Gasteiger partial charge is 0.323 e. The van der Waals surface area contributed by atoms with E-state index in [1.54, 1.807) is 0 Å². The van der Waals surface area contributed by atoms with Crippen molar-refractivity contribution in [2.45, 2.75) is 6.42 Å². The lowest BCUT2D eigenvalue weighted by Gasteiger charge is -1.59. The molecule has 1 rings (SSSR count). The molecule has 0 aromatic carbocycles. The van der Waals surface area contributed by atoms with Crippen molar-refractivity contribution in [3.8, 4) is 11.8 Å². The zero-order valence-corrected chi connectivity index (χ0v) is 4.21. The van der Waals surface area contributed by atoms with Crippen LogP contribution in [0, 0.1) is 11.8 Å². The summed E-state index contributed by atoms with van der Waals surface area (Å²) in [7, 11) is 3.75. The van der Waals surface area contributed by atoms with Crippen LogP contribution in [0.1, 0.15) is 6.42 Å². The molecule has 0 aromatic rings. The number of hydrogen-bond acceptors (Lipinski definition) is 1. The van der Waals surface area contributed by atoms with E-state index in [1.165, 1.54) is 0 Å². The Hall–Kier alpha value is -0.480. The molecule has 0 aromatic heterocycles. The molecule has 0 aliphatic heterocycles. The summed E-state index contributed by atoms with van der Waals surface area (Å²) in [5.74, 6) is 5.50. The molecule has 0 saturated carbocycles. The molecular weight excluding hydrogens is 74.1 g/mol. The maximum Gasteiger partial charge on any atom is 0.0703 e. The summed E-state index contributed by atoms with van der Waals surface area (Å²) >= 11 is 0. The van der Waals surface area contributed by atoms with E-state index < -0.39 is 0 Å². The van der Waals surface area contributed by atoms with Crippen molar-refractivity contribution < 1.29 is 0 Å². The SMILES string of the molecule is C1#CC1.CNC. The first-order valence-corrected chi connectivity index (χ1v) is 1.96. The van der Waals surface area contributed by atoms with E-state index in [2.05, 4.69) is 17.2 Å². The van der Waals surface area contributed by atoms with Crippen LogP contribution in [0.3, 0.4) is 0 Å². The van der Waals surface area contributed by atoms with Crippen molar-refractivity contribution in [2.24, 2.45) is 0 Å². The summed E-state index contributed by atoms with van der Waals surface area (Å²) < 4.78 is 0. The quantitative estimate of drug-likeness (QED) is 0.413. The highest BCUT2D eigenvalue weighted by molar-refractivity contribution is 5.21. The van der Waals surface area contributed by atoms with Crippen LogP contribution < -0.4 is 5.32 Å². The third-order valence-corrected chi connectivity index (χ3v) is 0.177. The predicted molar refractivity (Wildman–Crippen MR) is 27.4 cm³/mol. The summed E-state index contributed by atoms with van der Waals surface area (Å²) in [6, 6.07) is 0. The van der Waals surface area contributed by atoms with Gasteiger partial charge in [-0.25, -0.2) is 0 Å². The topological polar surface area (TPSA) is 12.0 Å². The predicted octanol–water partition coefficient (Wildman–Crippen LogP) is 0.229. The first-order valence-electron chi connectivity index (χ1n) is 1.96. The van der Waals surface area contributed by atoms with Crippen LogP contribution in [0.2, 0.25) is 0 Å². The fourth-order valence-electron chi connectivity index (χ4n) is 0. The van der Waals surface area contributed by atoms with Gasteiger partial charge in [0, 0.05) is 0 Å². The van der Waals surface area contributed by atoms with Crippen LogP contribution in [0.5, 0.6) is 0 Å². The van der Waals surface area contributed by atoms with Gasteiger partial charge in [0.25, 0.3) is 0 Å². The van der Waals surface area contributed by atoms with Crippen LogP contribution in [0.4, 0.5) is 0 Å². The van der Waals surface area contributed by atoms with E-state index >= 15 is 0 Å². The average molecular weight is 83.1 g/mol. The zero-order chi connectivity index (χ0) is 4.83. The van der Waals surface area contributed by atoms with Crippen molar-refractivity contribution in [2.75, 3.05) is 14.1 Å². The molecule has 0 atom stereocenters. The van der Waals surface area contributed by atoms with Crippen molar-refractivity contribution in [3.63, 3.8) is 0 Å². The molecule has 0 amide bonds. The average Bonchev–Trinajstić information content (AvgIpc) is 2.11. The maximum absolute atomic E-state index is 2.75. The van der Waals surface area contributed by atoms with E-state index in [0.717, 1.165) is 6.42 Å². The van der Waals surface area contributed by atoms with Gasteiger partial charge >= 0.3 is 0 Å². The summed E-state index contributed by atoms with van der Waals surface area (Å²) in [6.07, 6.45) is 1.00. The van der Waals surface area contributed by atoms with Crippen LogP contribution in [-0.4, -0.2) is 14.1 Å². The monoisotopic (exact) mass is 83.1 g/mol. The highest BCUT2D eigenvalue weighted by Gasteiger charge is 1.71. The minimum atomic E-state index is 1.00. The van der Waals surface area contributed by atoms with Gasteiger partial charge in [0.2, 0.25) is 0 Å². The van der Waals surface area contributed by atoms with Crippen LogP contribution in [-0.2, 0) is 0 Å². The second-order valence-corrected chi connectivity index (χ2v) is 1.03. The third-order valence-electron chi connectivity index (χ3n) is 0.177. The van der Waals surface area contributed by atoms with Crippen molar-refractivity contribution in [1.82, 2.24) is 5.32 Å². The van der Waals surface area contributed by atoms with Gasteiger partial charge < -0.3 is 5.32 Å². The minimum absolute atomic E-state index is 1.00. The lowest BCUT2D eigenvalue weighted by Crippen LogP contribution is -1.89. The third kappa shape index (κ3) is 82.7. The number of rotatable bonds is 0. The molecule has 0 radical (unpaired) electrons. The van der Waals surface area contributed by atoms with Crippen LogP contribution >= 0.6 is 0 Å². The molecule has 0 spiro atoms. The molecule has 1 nitrogen and oxygen atoms in total. The molecule has 0 saturated heterocycles. The van der Waals surface area contributed by atoms with Gasteiger partial charge in [0.15, 0.2) is 0 Å². The summed E-state index contributed by atoms with van der Waals surface area (Å²) in [4.78, 5) is 0. The van der Waals surface area contributed by atoms with E-state index in [1.807, 2.05) is 14.1 Å². The standard InChI is InChI=1S/C3H2.C2H7N/c1-2-3-1;1-3-2/h1H2;3H,1-2H3. The highest BCUT2D eigenvalue weighted by Crippen LogP contribution is 1.79. The summed E-state index contributed by atoms with van der Waals surface area (Å²) in [6.45, 7) is 0. The molecule has 1 N–H and O–H groups in total. The van der Waals surface area contributed by atoms with E-state index in [4.69, 9.17) is 0 Å². The Labute approximate surface area is 38.7 Å². The normalized spacial score (nSPS) is 9.67. The smallest absolute Gasteiger partial charge is 0.0703 e.